The molecule has 3 heteroatoms. The molecule has 23 heavy (non-hydrogen) atoms. The van der Waals surface area contributed by atoms with Crippen LogP contribution in [-0.2, 0) is 16.6 Å². The van der Waals surface area contributed by atoms with E-state index >= 15 is 0 Å². The molecule has 0 radical (unpaired) electrons. The fourth-order valence-electron chi connectivity index (χ4n) is 2.96. The van der Waals surface area contributed by atoms with Crippen LogP contribution in [-0.4, -0.2) is 11.9 Å². The summed E-state index contributed by atoms with van der Waals surface area (Å²) in [7, 11) is 0. The normalized spacial score (nSPS) is 12.7. The molecule has 0 bridgehead atoms. The van der Waals surface area contributed by atoms with Gasteiger partial charge in [-0.1, -0.05) is 62.4 Å². The fourth-order valence-corrected chi connectivity index (χ4v) is 2.96. The van der Waals surface area contributed by atoms with Gasteiger partial charge in [-0.25, -0.2) is 4.39 Å². The number of halogens is 1. The molecular weight excluding hydrogens is 289 g/mol. The van der Waals surface area contributed by atoms with Gasteiger partial charge in [-0.05, 0) is 36.0 Å². The SMILES string of the molecule is C[C@@H](CC(C)(C)c1ccccc1)NC(=O)Cc1ccccc1F. The van der Waals surface area contributed by atoms with E-state index in [1.54, 1.807) is 18.2 Å². The zero-order valence-electron chi connectivity index (χ0n) is 14.0. The highest BCUT2D eigenvalue weighted by Crippen LogP contribution is 2.28. The van der Waals surface area contributed by atoms with Gasteiger partial charge in [0.1, 0.15) is 5.82 Å². The number of benzene rings is 2. The smallest absolute Gasteiger partial charge is 0.224 e. The minimum Gasteiger partial charge on any atom is -0.353 e. The number of hydrogen-bond donors (Lipinski definition) is 1. The van der Waals surface area contributed by atoms with E-state index < -0.39 is 0 Å². The Morgan fingerprint density at radius 3 is 2.35 bits per heavy atom. The van der Waals surface area contributed by atoms with Crippen molar-refractivity contribution >= 4 is 5.91 Å². The largest absolute Gasteiger partial charge is 0.353 e. The van der Waals surface area contributed by atoms with E-state index in [-0.39, 0.29) is 29.6 Å². The van der Waals surface area contributed by atoms with Gasteiger partial charge in [0, 0.05) is 6.04 Å². The minimum atomic E-state index is -0.333. The Morgan fingerprint density at radius 1 is 1.09 bits per heavy atom. The van der Waals surface area contributed by atoms with Crippen LogP contribution >= 0.6 is 0 Å². The molecule has 0 unspecified atom stereocenters. The Bertz CT molecular complexity index is 652. The molecule has 0 aliphatic rings. The zero-order chi connectivity index (χ0) is 16.9. The van der Waals surface area contributed by atoms with Crippen LogP contribution in [0.25, 0.3) is 0 Å². The van der Waals surface area contributed by atoms with Crippen molar-refractivity contribution in [2.45, 2.75) is 45.1 Å². The lowest BCUT2D eigenvalue weighted by Crippen LogP contribution is -2.38. The van der Waals surface area contributed by atoms with Crippen molar-refractivity contribution < 1.29 is 9.18 Å². The van der Waals surface area contributed by atoms with E-state index in [2.05, 4.69) is 31.3 Å². The first-order valence-electron chi connectivity index (χ1n) is 7.97. The van der Waals surface area contributed by atoms with E-state index in [9.17, 15) is 9.18 Å². The summed E-state index contributed by atoms with van der Waals surface area (Å²) in [5.74, 6) is -0.480. The van der Waals surface area contributed by atoms with Crippen LogP contribution in [0.1, 0.15) is 38.3 Å². The average Bonchev–Trinajstić information content (AvgIpc) is 2.50. The van der Waals surface area contributed by atoms with Gasteiger partial charge in [-0.15, -0.1) is 0 Å². The van der Waals surface area contributed by atoms with Crippen molar-refractivity contribution in [2.75, 3.05) is 0 Å². The molecule has 0 aliphatic heterocycles. The van der Waals surface area contributed by atoms with Crippen LogP contribution in [0.15, 0.2) is 54.6 Å². The van der Waals surface area contributed by atoms with Crippen LogP contribution in [0.5, 0.6) is 0 Å². The highest BCUT2D eigenvalue weighted by Gasteiger charge is 2.24. The number of nitrogens with one attached hydrogen (secondary N) is 1. The van der Waals surface area contributed by atoms with E-state index in [1.165, 1.54) is 11.6 Å². The number of rotatable bonds is 6. The molecular formula is C20H24FNO. The molecule has 122 valence electrons. The Morgan fingerprint density at radius 2 is 1.70 bits per heavy atom. The summed E-state index contributed by atoms with van der Waals surface area (Å²) in [4.78, 5) is 12.1. The maximum Gasteiger partial charge on any atom is 0.224 e. The summed E-state index contributed by atoms with van der Waals surface area (Å²) in [5, 5.41) is 2.98. The van der Waals surface area contributed by atoms with Gasteiger partial charge in [0.25, 0.3) is 0 Å². The van der Waals surface area contributed by atoms with Crippen LogP contribution < -0.4 is 5.32 Å². The summed E-state index contributed by atoms with van der Waals surface area (Å²) in [6.45, 7) is 6.33. The summed E-state index contributed by atoms with van der Waals surface area (Å²) in [5.41, 5.74) is 1.64. The van der Waals surface area contributed by atoms with Crippen molar-refractivity contribution in [1.29, 1.82) is 0 Å². The minimum absolute atomic E-state index is 0.0180. The van der Waals surface area contributed by atoms with Crippen molar-refractivity contribution in [1.82, 2.24) is 5.32 Å². The highest BCUT2D eigenvalue weighted by molar-refractivity contribution is 5.78. The topological polar surface area (TPSA) is 29.1 Å². The molecule has 2 nitrogen and oxygen atoms in total. The number of carbonyl (C=O) groups is 1. The lowest BCUT2D eigenvalue weighted by Gasteiger charge is -2.29. The van der Waals surface area contributed by atoms with Crippen LogP contribution in [0, 0.1) is 5.82 Å². The molecule has 0 fully saturated rings. The fraction of sp³-hybridized carbons (Fsp3) is 0.350. The van der Waals surface area contributed by atoms with Gasteiger partial charge in [-0.2, -0.15) is 0 Å². The van der Waals surface area contributed by atoms with Gasteiger partial charge in [0.2, 0.25) is 5.91 Å². The standard InChI is InChI=1S/C20H24FNO/c1-15(14-20(2,3)17-10-5-4-6-11-17)22-19(23)13-16-9-7-8-12-18(16)21/h4-12,15H,13-14H2,1-3H3,(H,22,23)/t15-/m0/s1. The zero-order valence-corrected chi connectivity index (χ0v) is 14.0. The predicted molar refractivity (Wildman–Crippen MR) is 91.8 cm³/mol. The number of hydrogen-bond acceptors (Lipinski definition) is 1. The second-order valence-corrected chi connectivity index (χ2v) is 6.69. The summed E-state index contributed by atoms with van der Waals surface area (Å²) < 4.78 is 13.6. The van der Waals surface area contributed by atoms with Gasteiger partial charge in [0.15, 0.2) is 0 Å². The van der Waals surface area contributed by atoms with Crippen molar-refractivity contribution in [3.63, 3.8) is 0 Å². The molecule has 1 atom stereocenters. The first-order chi connectivity index (χ1) is 10.9. The Labute approximate surface area is 137 Å². The second-order valence-electron chi connectivity index (χ2n) is 6.69. The first kappa shape index (κ1) is 17.2. The molecule has 2 aromatic rings. The molecule has 1 N–H and O–H groups in total. The summed E-state index contributed by atoms with van der Waals surface area (Å²) in [6.07, 6.45) is 0.892. The quantitative estimate of drug-likeness (QED) is 0.849. The molecule has 0 saturated heterocycles. The van der Waals surface area contributed by atoms with Crippen molar-refractivity contribution in [2.24, 2.45) is 0 Å². The third-order valence-electron chi connectivity index (χ3n) is 4.09. The Balaban J connectivity index is 1.93. The van der Waals surface area contributed by atoms with Crippen LogP contribution in [0.2, 0.25) is 0 Å². The molecule has 2 rings (SSSR count). The Hall–Kier alpha value is -2.16. The summed E-state index contributed by atoms with van der Waals surface area (Å²) >= 11 is 0. The third kappa shape index (κ3) is 4.92. The van der Waals surface area contributed by atoms with E-state index in [1.807, 2.05) is 25.1 Å². The third-order valence-corrected chi connectivity index (χ3v) is 4.09. The highest BCUT2D eigenvalue weighted by atomic mass is 19.1. The lowest BCUT2D eigenvalue weighted by atomic mass is 9.79. The van der Waals surface area contributed by atoms with Crippen LogP contribution in [0.3, 0.4) is 0 Å². The van der Waals surface area contributed by atoms with Gasteiger partial charge in [-0.3, -0.25) is 4.79 Å². The van der Waals surface area contributed by atoms with Gasteiger partial charge < -0.3 is 5.32 Å². The molecule has 0 saturated carbocycles. The molecule has 2 aromatic carbocycles. The summed E-state index contributed by atoms with van der Waals surface area (Å²) in [6, 6.07) is 16.7. The van der Waals surface area contributed by atoms with Gasteiger partial charge in [0.05, 0.1) is 6.42 Å². The molecule has 0 spiro atoms. The maximum absolute atomic E-state index is 13.6. The first-order valence-corrected chi connectivity index (χ1v) is 7.97. The van der Waals surface area contributed by atoms with Crippen molar-refractivity contribution in [3.05, 3.63) is 71.5 Å². The maximum atomic E-state index is 13.6. The van der Waals surface area contributed by atoms with Gasteiger partial charge >= 0.3 is 0 Å². The molecule has 0 aromatic heterocycles. The second kappa shape index (κ2) is 7.40. The average molecular weight is 313 g/mol. The van der Waals surface area contributed by atoms with E-state index in [4.69, 9.17) is 0 Å². The predicted octanol–water partition coefficient (Wildman–Crippen LogP) is 4.24. The Kier molecular flexibility index (Phi) is 5.54. The molecule has 1 amide bonds. The lowest BCUT2D eigenvalue weighted by molar-refractivity contribution is -0.121. The number of carbonyl (C=O) groups excluding carboxylic acids is 1. The monoisotopic (exact) mass is 313 g/mol. The number of amides is 1. The van der Waals surface area contributed by atoms with E-state index in [0.717, 1.165) is 6.42 Å². The van der Waals surface area contributed by atoms with E-state index in [0.29, 0.717) is 5.56 Å². The van der Waals surface area contributed by atoms with Crippen LogP contribution in [0.4, 0.5) is 4.39 Å². The van der Waals surface area contributed by atoms with Crippen molar-refractivity contribution in [3.8, 4) is 0 Å². The molecule has 0 aliphatic carbocycles. The molecule has 0 heterocycles.